The van der Waals surface area contributed by atoms with E-state index in [-0.39, 0.29) is 18.2 Å². The molecule has 204 valence electrons. The molecule has 0 radical (unpaired) electrons. The average Bonchev–Trinajstić information content (AvgIpc) is 3.15. The number of benzene rings is 1. The van der Waals surface area contributed by atoms with Gasteiger partial charge in [0.05, 0.1) is 17.8 Å². The fourth-order valence-electron chi connectivity index (χ4n) is 4.30. The van der Waals surface area contributed by atoms with Crippen molar-refractivity contribution < 1.29 is 23.3 Å². The third kappa shape index (κ3) is 7.15. The number of nitrogens with zero attached hydrogens (tertiary/aromatic N) is 2. The summed E-state index contributed by atoms with van der Waals surface area (Å²) < 4.78 is 28.6. The van der Waals surface area contributed by atoms with E-state index < -0.39 is 50.3 Å². The molecule has 0 saturated carbocycles. The molecule has 1 aliphatic heterocycles. The van der Waals surface area contributed by atoms with Gasteiger partial charge in [0.1, 0.15) is 6.10 Å². The summed E-state index contributed by atoms with van der Waals surface area (Å²) in [5, 5.41) is 0. The van der Waals surface area contributed by atoms with Gasteiger partial charge in [0.15, 0.2) is 12.3 Å². The fraction of sp³-hybridized carbons (Fsp3) is 0.577. The zero-order chi connectivity index (χ0) is 27.3. The van der Waals surface area contributed by atoms with Gasteiger partial charge in [-0.3, -0.25) is 14.3 Å². The summed E-state index contributed by atoms with van der Waals surface area (Å²) >= 11 is 0. The normalized spacial score (nSPS) is 22.8. The van der Waals surface area contributed by atoms with Crippen LogP contribution in [-0.4, -0.2) is 56.7 Å². The van der Waals surface area contributed by atoms with Crippen LogP contribution in [0.5, 0.6) is 0 Å². The molecule has 1 fully saturated rings. The summed E-state index contributed by atoms with van der Waals surface area (Å²) in [6.45, 7) is 14.1. The minimum Gasteiger partial charge on any atom is -0.451 e. The molecule has 1 aromatic heterocycles. The third-order valence-electron chi connectivity index (χ3n) is 5.83. The lowest BCUT2D eigenvalue weighted by molar-refractivity contribution is -0.0517. The van der Waals surface area contributed by atoms with Gasteiger partial charge in [-0.05, 0) is 60.1 Å². The molecule has 0 aliphatic carbocycles. The Labute approximate surface area is 218 Å². The van der Waals surface area contributed by atoms with E-state index in [0.717, 1.165) is 0 Å². The van der Waals surface area contributed by atoms with Crippen LogP contribution < -0.4 is 11.2 Å². The van der Waals surface area contributed by atoms with E-state index in [1.165, 1.54) is 16.8 Å². The van der Waals surface area contributed by atoms with Crippen molar-refractivity contribution in [1.29, 1.82) is 0 Å². The van der Waals surface area contributed by atoms with Crippen LogP contribution in [0.2, 0.25) is 0 Å². The number of esters is 1. The highest BCUT2D eigenvalue weighted by molar-refractivity contribution is 7.44. The molecule has 1 aromatic carbocycles. The molecular formula is C26H38N3O7P. The van der Waals surface area contributed by atoms with Gasteiger partial charge in [0.2, 0.25) is 0 Å². The van der Waals surface area contributed by atoms with Gasteiger partial charge in [0, 0.05) is 24.3 Å². The number of aromatic amines is 1. The minimum atomic E-state index is -1.58. The van der Waals surface area contributed by atoms with Gasteiger partial charge < -0.3 is 18.5 Å². The first-order valence-electron chi connectivity index (χ1n) is 12.7. The molecule has 1 N–H and O–H groups in total. The smallest absolute Gasteiger partial charge is 0.338 e. The van der Waals surface area contributed by atoms with E-state index >= 15 is 0 Å². The van der Waals surface area contributed by atoms with Crippen molar-refractivity contribution >= 4 is 14.5 Å². The first-order chi connectivity index (χ1) is 17.5. The third-order valence-corrected chi connectivity index (χ3v) is 8.15. The highest BCUT2D eigenvalue weighted by Gasteiger charge is 2.51. The number of H-pyrrole nitrogens is 1. The second kappa shape index (κ2) is 12.9. The number of hydrogen-bond acceptors (Lipinski definition) is 8. The number of ether oxygens (including phenoxy) is 2. The van der Waals surface area contributed by atoms with Crippen molar-refractivity contribution in [1.82, 2.24) is 14.2 Å². The molecular weight excluding hydrogens is 497 g/mol. The van der Waals surface area contributed by atoms with Gasteiger partial charge in [-0.1, -0.05) is 25.1 Å². The van der Waals surface area contributed by atoms with Crippen LogP contribution in [-0.2, 0) is 18.5 Å². The highest BCUT2D eigenvalue weighted by Crippen LogP contribution is 2.51. The fourth-order valence-corrected chi connectivity index (χ4v) is 6.14. The van der Waals surface area contributed by atoms with Gasteiger partial charge in [-0.15, -0.1) is 0 Å². The van der Waals surface area contributed by atoms with Gasteiger partial charge in [0.25, 0.3) is 14.1 Å². The van der Waals surface area contributed by atoms with Crippen molar-refractivity contribution in [3.63, 3.8) is 0 Å². The summed E-state index contributed by atoms with van der Waals surface area (Å²) in [5.41, 5.74) is -0.837. The summed E-state index contributed by atoms with van der Waals surface area (Å²) in [7, 11) is -1.58. The molecule has 0 spiro atoms. The molecule has 10 nitrogen and oxygen atoms in total. The maximum absolute atomic E-state index is 13.2. The highest BCUT2D eigenvalue weighted by atomic mass is 31.2. The number of rotatable bonds is 11. The Morgan fingerprint density at radius 3 is 2.24 bits per heavy atom. The summed E-state index contributed by atoms with van der Waals surface area (Å²) in [6.07, 6.45) is -1.46. The van der Waals surface area contributed by atoms with Crippen molar-refractivity contribution in [2.24, 2.45) is 0 Å². The average molecular weight is 536 g/mol. The van der Waals surface area contributed by atoms with Crippen molar-refractivity contribution in [2.45, 2.75) is 97.6 Å². The molecule has 1 aliphatic rings. The first kappa shape index (κ1) is 29.2. The van der Waals surface area contributed by atoms with Crippen LogP contribution in [0.1, 0.15) is 71.5 Å². The molecule has 11 heteroatoms. The lowest BCUT2D eigenvalue weighted by atomic mass is 10.1. The maximum atomic E-state index is 13.2. The number of nitrogens with one attached hydrogen (secondary N) is 1. The van der Waals surface area contributed by atoms with Gasteiger partial charge in [-0.25, -0.2) is 14.3 Å². The van der Waals surface area contributed by atoms with Crippen LogP contribution in [0, 0.1) is 0 Å². The Balaban J connectivity index is 2.04. The van der Waals surface area contributed by atoms with Gasteiger partial charge >= 0.3 is 11.7 Å². The molecule has 37 heavy (non-hydrogen) atoms. The SMILES string of the molecule is CC[C@H]1O[C@@H](n2ccc(=O)[nH]c2=O)C(OC(=O)c2ccccc2)[C@H]1OP(OC(C)C)N(C(C)C)C(C)C. The van der Waals surface area contributed by atoms with E-state index in [0.29, 0.717) is 12.0 Å². The van der Waals surface area contributed by atoms with Crippen LogP contribution in [0.3, 0.4) is 0 Å². The van der Waals surface area contributed by atoms with E-state index in [4.69, 9.17) is 18.5 Å². The number of carbonyl (C=O) groups excluding carboxylic acids is 1. The molecule has 2 heterocycles. The van der Waals surface area contributed by atoms with E-state index in [9.17, 15) is 14.4 Å². The Hall–Kier alpha value is -2.36. The molecule has 2 unspecified atom stereocenters. The van der Waals surface area contributed by atoms with Crippen LogP contribution in [0.4, 0.5) is 0 Å². The largest absolute Gasteiger partial charge is 0.451 e. The molecule has 1 saturated heterocycles. The van der Waals surface area contributed by atoms with Crippen molar-refractivity contribution in [3.05, 3.63) is 69.0 Å². The number of aromatic nitrogens is 2. The molecule has 2 aromatic rings. The van der Waals surface area contributed by atoms with Crippen LogP contribution >= 0.6 is 8.53 Å². The van der Waals surface area contributed by atoms with Crippen LogP contribution in [0.25, 0.3) is 0 Å². The maximum Gasteiger partial charge on any atom is 0.338 e. The number of hydrogen-bond donors (Lipinski definition) is 1. The molecule has 3 rings (SSSR count). The quantitative estimate of drug-likeness (QED) is 0.336. The van der Waals surface area contributed by atoms with E-state index in [1.54, 1.807) is 30.3 Å². The predicted octanol–water partition coefficient (Wildman–Crippen LogP) is 4.23. The summed E-state index contributed by atoms with van der Waals surface area (Å²) in [5.74, 6) is -0.569. The zero-order valence-electron chi connectivity index (χ0n) is 22.5. The Kier molecular flexibility index (Phi) is 10.2. The minimum absolute atomic E-state index is 0.114. The lowest BCUT2D eigenvalue weighted by Crippen LogP contribution is -2.42. The van der Waals surface area contributed by atoms with Gasteiger partial charge in [-0.2, -0.15) is 0 Å². The first-order valence-corrected chi connectivity index (χ1v) is 13.8. The summed E-state index contributed by atoms with van der Waals surface area (Å²) in [4.78, 5) is 39.8. The van der Waals surface area contributed by atoms with Crippen molar-refractivity contribution in [2.75, 3.05) is 0 Å². The molecule has 0 amide bonds. The Bertz CT molecular complexity index is 1130. The summed E-state index contributed by atoms with van der Waals surface area (Å²) in [6, 6.07) is 10.1. The van der Waals surface area contributed by atoms with E-state index in [1.807, 2.05) is 20.8 Å². The Morgan fingerprint density at radius 2 is 1.70 bits per heavy atom. The number of carbonyl (C=O) groups is 1. The topological polar surface area (TPSA) is 112 Å². The van der Waals surface area contributed by atoms with E-state index in [2.05, 4.69) is 37.3 Å². The second-order valence-electron chi connectivity index (χ2n) is 9.76. The Morgan fingerprint density at radius 1 is 1.05 bits per heavy atom. The van der Waals surface area contributed by atoms with Crippen LogP contribution in [0.15, 0.2) is 52.2 Å². The van der Waals surface area contributed by atoms with Crippen molar-refractivity contribution in [3.8, 4) is 0 Å². The second-order valence-corrected chi connectivity index (χ2v) is 11.1. The standard InChI is InChI=1S/C26H38N3O7P/c1-8-20-22(36-37(35-18(6)7)29(16(2)3)17(4)5)23(34-25(31)19-12-10-9-11-13-19)24(33-20)28-15-14-21(30)27-26(28)32/h9-18,20,22-24H,8H2,1-7H3,(H,27,30,32)/t20-,22+,23?,24-,37?/m1/s1. The predicted molar refractivity (Wildman–Crippen MR) is 141 cm³/mol. The monoisotopic (exact) mass is 535 g/mol. The molecule has 0 bridgehead atoms. The zero-order valence-corrected chi connectivity index (χ0v) is 23.4. The lowest BCUT2D eigenvalue weighted by Gasteiger charge is -2.39. The molecule has 5 atom stereocenters.